The molecule has 1 heterocycles. The molecule has 0 spiro atoms. The maximum atomic E-state index is 12.8. The van der Waals surface area contributed by atoms with E-state index in [2.05, 4.69) is 4.74 Å². The molecular weight excluding hydrogens is 368 g/mol. The second kappa shape index (κ2) is 7.95. The van der Waals surface area contributed by atoms with E-state index in [9.17, 15) is 19.7 Å². The summed E-state index contributed by atoms with van der Waals surface area (Å²) in [6.07, 6.45) is -0.400. The third kappa shape index (κ3) is 4.03. The number of methoxy groups -OCH3 is 1. The van der Waals surface area contributed by atoms with Crippen molar-refractivity contribution in [1.82, 2.24) is 4.90 Å². The van der Waals surface area contributed by atoms with Crippen LogP contribution in [0.15, 0.2) is 42.5 Å². The van der Waals surface area contributed by atoms with Crippen molar-refractivity contribution in [2.75, 3.05) is 27.3 Å². The van der Waals surface area contributed by atoms with E-state index in [1.54, 1.807) is 19.2 Å². The molecule has 3 rings (SSSR count). The molecule has 1 amide bonds. The number of ether oxygens (including phenoxy) is 3. The van der Waals surface area contributed by atoms with Crippen LogP contribution >= 0.6 is 0 Å². The molecule has 1 aliphatic rings. The number of rotatable bonds is 5. The Hall–Kier alpha value is -3.62. The van der Waals surface area contributed by atoms with Crippen LogP contribution in [0.3, 0.4) is 0 Å². The lowest BCUT2D eigenvalue weighted by Crippen LogP contribution is -2.41. The molecule has 0 aliphatic carbocycles. The van der Waals surface area contributed by atoms with E-state index in [4.69, 9.17) is 9.47 Å². The van der Waals surface area contributed by atoms with Crippen molar-refractivity contribution in [1.29, 1.82) is 0 Å². The van der Waals surface area contributed by atoms with Gasteiger partial charge in [0.1, 0.15) is 6.61 Å². The Kier molecular flexibility index (Phi) is 5.44. The number of hydrogen-bond acceptors (Lipinski definition) is 7. The number of fused-ring (bicyclic) bond motifs is 1. The maximum absolute atomic E-state index is 12.8. The second-order valence-corrected chi connectivity index (χ2v) is 6.20. The van der Waals surface area contributed by atoms with Crippen LogP contribution in [0.2, 0.25) is 0 Å². The van der Waals surface area contributed by atoms with Crippen LogP contribution < -0.4 is 9.47 Å². The zero-order valence-corrected chi connectivity index (χ0v) is 15.3. The van der Waals surface area contributed by atoms with Gasteiger partial charge >= 0.3 is 5.97 Å². The molecule has 1 atom stereocenters. The third-order valence-corrected chi connectivity index (χ3v) is 4.19. The smallest absolute Gasteiger partial charge is 0.338 e. The first-order valence-electron chi connectivity index (χ1n) is 8.40. The number of nitro benzene ring substituents is 1. The number of non-ortho nitro benzene ring substituents is 1. The Morgan fingerprint density at radius 3 is 2.57 bits per heavy atom. The van der Waals surface area contributed by atoms with Gasteiger partial charge in [-0.3, -0.25) is 14.9 Å². The highest BCUT2D eigenvalue weighted by Gasteiger charge is 2.26. The first kappa shape index (κ1) is 19.2. The average Bonchev–Trinajstić information content (AvgIpc) is 2.72. The first-order valence-corrected chi connectivity index (χ1v) is 8.40. The van der Waals surface area contributed by atoms with Gasteiger partial charge in [-0.15, -0.1) is 0 Å². The molecule has 0 bridgehead atoms. The fourth-order valence-electron chi connectivity index (χ4n) is 2.84. The minimum absolute atomic E-state index is 0.00854. The van der Waals surface area contributed by atoms with Crippen molar-refractivity contribution in [3.05, 3.63) is 63.7 Å². The van der Waals surface area contributed by atoms with Crippen LogP contribution in [0, 0.1) is 10.1 Å². The quantitative estimate of drug-likeness (QED) is 0.441. The fraction of sp³-hybridized carbons (Fsp3) is 0.263. The van der Waals surface area contributed by atoms with E-state index in [0.29, 0.717) is 11.5 Å². The largest absolute Gasteiger partial charge is 0.486 e. The van der Waals surface area contributed by atoms with E-state index in [0.717, 1.165) is 19.2 Å². The third-order valence-electron chi connectivity index (χ3n) is 4.19. The van der Waals surface area contributed by atoms with E-state index in [1.165, 1.54) is 11.0 Å². The Bertz CT molecular complexity index is 928. The van der Waals surface area contributed by atoms with Gasteiger partial charge in [0, 0.05) is 24.7 Å². The predicted molar refractivity (Wildman–Crippen MR) is 97.7 cm³/mol. The van der Waals surface area contributed by atoms with Gasteiger partial charge in [0.05, 0.1) is 24.1 Å². The standard InChI is InChI=1S/C19H18N2O7/c1-20(10-15-11-27-16-5-3-4-6-17(16)28-15)18(22)12-7-13(19(23)26-2)9-14(8-12)21(24)25/h3-9,15H,10-11H2,1-2H3/t15-/m1/s1. The Balaban J connectivity index is 1.77. The first-order chi connectivity index (χ1) is 13.4. The number of amides is 1. The van der Waals surface area contributed by atoms with Crippen molar-refractivity contribution in [2.45, 2.75) is 6.10 Å². The lowest BCUT2D eigenvalue weighted by molar-refractivity contribution is -0.384. The molecular formula is C19H18N2O7. The van der Waals surface area contributed by atoms with Crippen LogP contribution in [0.4, 0.5) is 5.69 Å². The predicted octanol–water partition coefficient (Wildman–Crippen LogP) is 2.29. The summed E-state index contributed by atoms with van der Waals surface area (Å²) < 4.78 is 16.1. The van der Waals surface area contributed by atoms with Crippen LogP contribution in [0.25, 0.3) is 0 Å². The van der Waals surface area contributed by atoms with E-state index >= 15 is 0 Å². The molecule has 2 aromatic carbocycles. The minimum atomic E-state index is -0.763. The summed E-state index contributed by atoms with van der Waals surface area (Å²) in [7, 11) is 2.70. The lowest BCUT2D eigenvalue weighted by atomic mass is 10.1. The molecule has 0 fully saturated rings. The van der Waals surface area contributed by atoms with Crippen LogP contribution in [0.5, 0.6) is 11.5 Å². The number of carbonyl (C=O) groups is 2. The van der Waals surface area contributed by atoms with Gasteiger partial charge in [-0.1, -0.05) is 12.1 Å². The van der Waals surface area contributed by atoms with Gasteiger partial charge in [-0.2, -0.15) is 0 Å². The molecule has 28 heavy (non-hydrogen) atoms. The highest BCUT2D eigenvalue weighted by molar-refractivity contribution is 5.98. The summed E-state index contributed by atoms with van der Waals surface area (Å²) >= 11 is 0. The molecule has 0 saturated carbocycles. The number of carbonyl (C=O) groups excluding carboxylic acids is 2. The van der Waals surface area contributed by atoms with Crippen molar-refractivity contribution in [3.8, 4) is 11.5 Å². The molecule has 9 heteroatoms. The van der Waals surface area contributed by atoms with Gasteiger partial charge in [-0.25, -0.2) is 4.79 Å². The number of nitro groups is 1. The Morgan fingerprint density at radius 2 is 1.89 bits per heavy atom. The molecule has 2 aromatic rings. The zero-order valence-electron chi connectivity index (χ0n) is 15.3. The Labute approximate surface area is 160 Å². The summed E-state index contributed by atoms with van der Waals surface area (Å²) in [5, 5.41) is 11.1. The molecule has 0 N–H and O–H groups in total. The minimum Gasteiger partial charge on any atom is -0.486 e. The van der Waals surface area contributed by atoms with Crippen molar-refractivity contribution < 1.29 is 28.7 Å². The SMILES string of the molecule is COC(=O)c1cc(C(=O)N(C)C[C@@H]2COc3ccccc3O2)cc([N+](=O)[O-])c1. The number of nitrogens with zero attached hydrogens (tertiary/aromatic N) is 2. The summed E-state index contributed by atoms with van der Waals surface area (Å²) in [6, 6.07) is 10.7. The number of likely N-dealkylation sites (N-methyl/N-ethyl adjacent to an activating group) is 1. The zero-order chi connectivity index (χ0) is 20.3. The Morgan fingerprint density at radius 1 is 1.21 bits per heavy atom. The molecule has 9 nitrogen and oxygen atoms in total. The molecule has 1 aliphatic heterocycles. The average molecular weight is 386 g/mol. The van der Waals surface area contributed by atoms with E-state index in [-0.39, 0.29) is 30.0 Å². The number of hydrogen-bond donors (Lipinski definition) is 0. The van der Waals surface area contributed by atoms with Crippen molar-refractivity contribution >= 4 is 17.6 Å². The highest BCUT2D eigenvalue weighted by atomic mass is 16.6. The normalized spacial score (nSPS) is 14.9. The van der Waals surface area contributed by atoms with Gasteiger partial charge < -0.3 is 19.1 Å². The maximum Gasteiger partial charge on any atom is 0.338 e. The molecule has 0 radical (unpaired) electrons. The van der Waals surface area contributed by atoms with Crippen molar-refractivity contribution in [3.63, 3.8) is 0 Å². The summed E-state index contributed by atoms with van der Waals surface area (Å²) in [5.74, 6) is -0.0330. The molecule has 0 unspecified atom stereocenters. The monoisotopic (exact) mass is 386 g/mol. The van der Waals surface area contributed by atoms with E-state index in [1.807, 2.05) is 12.1 Å². The second-order valence-electron chi connectivity index (χ2n) is 6.20. The topological polar surface area (TPSA) is 108 Å². The summed E-state index contributed by atoms with van der Waals surface area (Å²) in [4.78, 5) is 36.3. The van der Waals surface area contributed by atoms with E-state index < -0.39 is 22.9 Å². The van der Waals surface area contributed by atoms with Gasteiger partial charge in [-0.05, 0) is 18.2 Å². The molecule has 0 saturated heterocycles. The fourth-order valence-corrected chi connectivity index (χ4v) is 2.84. The van der Waals surface area contributed by atoms with Crippen LogP contribution in [-0.4, -0.2) is 55.1 Å². The summed E-state index contributed by atoms with van der Waals surface area (Å²) in [6.45, 7) is 0.459. The molecule has 146 valence electrons. The van der Waals surface area contributed by atoms with Gasteiger partial charge in [0.2, 0.25) is 0 Å². The summed E-state index contributed by atoms with van der Waals surface area (Å²) in [5.41, 5.74) is -0.431. The van der Waals surface area contributed by atoms with Crippen LogP contribution in [0.1, 0.15) is 20.7 Å². The lowest BCUT2D eigenvalue weighted by Gasteiger charge is -2.29. The van der Waals surface area contributed by atoms with Crippen molar-refractivity contribution in [2.24, 2.45) is 0 Å². The number of esters is 1. The molecule has 0 aromatic heterocycles. The highest BCUT2D eigenvalue weighted by Crippen LogP contribution is 2.31. The number of para-hydroxylation sites is 2. The van der Waals surface area contributed by atoms with Crippen LogP contribution in [-0.2, 0) is 4.74 Å². The van der Waals surface area contributed by atoms with Gasteiger partial charge in [0.25, 0.3) is 11.6 Å². The number of benzene rings is 2. The van der Waals surface area contributed by atoms with Gasteiger partial charge in [0.15, 0.2) is 17.6 Å².